The zero-order chi connectivity index (χ0) is 66.1. The van der Waals surface area contributed by atoms with E-state index in [9.17, 15) is 19.5 Å². The second kappa shape index (κ2) is 71.3. The highest BCUT2D eigenvalue weighted by molar-refractivity contribution is 5.71. The maximum absolute atomic E-state index is 13.0. The third kappa shape index (κ3) is 72.7. The number of allylic oxidation sites excluding steroid dienone is 22. The molecule has 9 nitrogen and oxygen atoms in total. The topological polar surface area (TPSA) is 108 Å². The summed E-state index contributed by atoms with van der Waals surface area (Å²) in [6.45, 7) is 4.75. The van der Waals surface area contributed by atoms with E-state index in [1.54, 1.807) is 0 Å². The number of carbonyl (C=O) groups is 3. The minimum absolute atomic E-state index is 0.178. The van der Waals surface area contributed by atoms with E-state index in [2.05, 4.69) is 148 Å². The van der Waals surface area contributed by atoms with Gasteiger partial charge in [0.1, 0.15) is 13.2 Å². The third-order valence-electron chi connectivity index (χ3n) is 15.9. The standard InChI is InChI=1S/C82H139NO8/c1-6-8-10-12-14-16-18-20-22-24-26-28-30-32-34-36-38-40-42-44-46-48-50-52-54-56-58-60-62-64-66-68-70-72-79(84)89-76-78(77-90-82(81(86)87)88-75-74-83(3,4)5)91-80(85)73-71-69-67-65-63-61-59-57-55-53-51-49-47-45-43-41-39-37-35-33-31-29-27-25-23-21-19-17-15-13-11-9-7-2/h9,11,15,17-18,20-21,23-24,26-27,29,33,35,39,41,45,47,51,53,57,59,78,82H,6-8,10,12-14,16,19,22,25,28,30-32,34,36-38,40,42-44,46,48-50,52,54-56,58,60-77H2,1-5H3/p+1/b11-9-,17-15-,20-18-,23-21-,26-24-,29-27-,35-33-,41-39-,47-45-,53-51-,59-57-. The summed E-state index contributed by atoms with van der Waals surface area (Å²) >= 11 is 0. The fraction of sp³-hybridized carbons (Fsp3) is 0.695. The SMILES string of the molecule is CC/C=C\C/C=C\C/C=C\C/C=C\C/C=C\C/C=C\C/C=C\C/C=C\C/C=C\CCCCCCCC(=O)OC(COC(=O)CCCCCCCCCCCCCCCCCCCCCCC/C=C\C/C=C\CCCCCCC)COC(OCC[N+](C)(C)C)C(=O)O. The van der Waals surface area contributed by atoms with Crippen molar-refractivity contribution < 1.29 is 42.9 Å². The van der Waals surface area contributed by atoms with E-state index in [0.29, 0.717) is 23.9 Å². The van der Waals surface area contributed by atoms with Crippen LogP contribution in [-0.4, -0.2) is 87.4 Å². The van der Waals surface area contributed by atoms with Gasteiger partial charge in [-0.15, -0.1) is 0 Å². The summed E-state index contributed by atoms with van der Waals surface area (Å²) in [5, 5.41) is 9.76. The summed E-state index contributed by atoms with van der Waals surface area (Å²) in [6, 6.07) is 0. The van der Waals surface area contributed by atoms with Crippen LogP contribution in [0.15, 0.2) is 134 Å². The van der Waals surface area contributed by atoms with E-state index in [1.165, 1.54) is 161 Å². The van der Waals surface area contributed by atoms with Crippen molar-refractivity contribution in [1.29, 1.82) is 0 Å². The van der Waals surface area contributed by atoms with Gasteiger partial charge >= 0.3 is 17.9 Å². The number of rotatable bonds is 68. The molecule has 91 heavy (non-hydrogen) atoms. The van der Waals surface area contributed by atoms with Crippen molar-refractivity contribution in [2.24, 2.45) is 0 Å². The molecule has 0 fully saturated rings. The first-order chi connectivity index (χ1) is 44.6. The molecule has 0 rings (SSSR count). The average molecular weight is 1270 g/mol. The molecule has 2 atom stereocenters. The van der Waals surface area contributed by atoms with Crippen LogP contribution in [0.4, 0.5) is 0 Å². The van der Waals surface area contributed by atoms with Crippen LogP contribution < -0.4 is 0 Å². The fourth-order valence-electron chi connectivity index (χ4n) is 10.2. The summed E-state index contributed by atoms with van der Waals surface area (Å²) in [5.41, 5.74) is 0. The molecule has 0 aliphatic rings. The minimum Gasteiger partial charge on any atom is -0.477 e. The van der Waals surface area contributed by atoms with Gasteiger partial charge in [-0.05, 0) is 116 Å². The van der Waals surface area contributed by atoms with Crippen LogP contribution >= 0.6 is 0 Å². The number of carboxylic acids is 1. The Morgan fingerprint density at radius 1 is 0.341 bits per heavy atom. The maximum atomic E-state index is 13.0. The lowest BCUT2D eigenvalue weighted by Crippen LogP contribution is -2.40. The lowest BCUT2D eigenvalue weighted by molar-refractivity contribution is -0.870. The number of carboxylic acid groups (broad SMARTS) is 1. The van der Waals surface area contributed by atoms with Gasteiger partial charge in [-0.1, -0.05) is 314 Å². The second-order valence-corrected chi connectivity index (χ2v) is 25.9. The quantitative estimate of drug-likeness (QED) is 0.0211. The first kappa shape index (κ1) is 86.4. The molecule has 2 unspecified atom stereocenters. The molecule has 0 radical (unpaired) electrons. The summed E-state index contributed by atoms with van der Waals surface area (Å²) in [6.07, 6.45) is 100. The fourth-order valence-corrected chi connectivity index (χ4v) is 10.2. The van der Waals surface area contributed by atoms with Crippen LogP contribution in [0.5, 0.6) is 0 Å². The molecule has 0 aromatic carbocycles. The summed E-state index contributed by atoms with van der Waals surface area (Å²) in [5.74, 6) is -2.03. The van der Waals surface area contributed by atoms with Gasteiger partial charge in [0.15, 0.2) is 6.10 Å². The van der Waals surface area contributed by atoms with Crippen LogP contribution in [0.3, 0.4) is 0 Å². The molecule has 0 saturated heterocycles. The highest BCUT2D eigenvalue weighted by Crippen LogP contribution is 2.17. The number of hydrogen-bond acceptors (Lipinski definition) is 7. The van der Waals surface area contributed by atoms with Crippen LogP contribution in [0.25, 0.3) is 0 Å². The van der Waals surface area contributed by atoms with E-state index in [1.807, 2.05) is 21.1 Å². The predicted octanol–water partition coefficient (Wildman–Crippen LogP) is 23.7. The Morgan fingerprint density at radius 3 is 0.934 bits per heavy atom. The first-order valence-electron chi connectivity index (χ1n) is 37.3. The van der Waals surface area contributed by atoms with Crippen molar-refractivity contribution in [3.05, 3.63) is 134 Å². The molecule has 0 heterocycles. The molecule has 0 spiro atoms. The Labute approximate surface area is 560 Å². The summed E-state index contributed by atoms with van der Waals surface area (Å²) in [4.78, 5) is 37.7. The monoisotopic (exact) mass is 1270 g/mol. The molecule has 1 N–H and O–H groups in total. The van der Waals surface area contributed by atoms with Crippen LogP contribution in [0, 0.1) is 0 Å². The number of quaternary nitrogens is 1. The summed E-state index contributed by atoms with van der Waals surface area (Å²) < 4.78 is 23.0. The zero-order valence-corrected chi connectivity index (χ0v) is 59.5. The van der Waals surface area contributed by atoms with Crippen molar-refractivity contribution in [3.8, 4) is 0 Å². The van der Waals surface area contributed by atoms with Gasteiger partial charge in [0.2, 0.25) is 0 Å². The number of likely N-dealkylation sites (N-methyl/N-ethyl adjacent to an activating group) is 1. The Morgan fingerprint density at radius 2 is 0.626 bits per heavy atom. The Balaban J connectivity index is 4.15. The van der Waals surface area contributed by atoms with Gasteiger partial charge in [0.05, 0.1) is 34.4 Å². The van der Waals surface area contributed by atoms with Crippen molar-refractivity contribution in [1.82, 2.24) is 0 Å². The van der Waals surface area contributed by atoms with Gasteiger partial charge in [0, 0.05) is 12.8 Å². The van der Waals surface area contributed by atoms with Gasteiger partial charge in [-0.25, -0.2) is 4.79 Å². The molecule has 0 aliphatic heterocycles. The van der Waals surface area contributed by atoms with Gasteiger partial charge in [0.25, 0.3) is 6.29 Å². The number of ether oxygens (including phenoxy) is 4. The molecule has 0 amide bonds. The average Bonchev–Trinajstić information content (AvgIpc) is 3.46. The number of aliphatic carboxylic acids is 1. The van der Waals surface area contributed by atoms with E-state index in [-0.39, 0.29) is 32.2 Å². The molecule has 0 aromatic heterocycles. The number of esters is 2. The van der Waals surface area contributed by atoms with Crippen molar-refractivity contribution in [3.63, 3.8) is 0 Å². The molecule has 0 aliphatic carbocycles. The van der Waals surface area contributed by atoms with Crippen molar-refractivity contribution >= 4 is 17.9 Å². The van der Waals surface area contributed by atoms with E-state index in [0.717, 1.165) is 116 Å². The molecule has 0 saturated carbocycles. The Bertz CT molecular complexity index is 1960. The number of hydrogen-bond donors (Lipinski definition) is 1. The van der Waals surface area contributed by atoms with Crippen LogP contribution in [0.1, 0.15) is 309 Å². The van der Waals surface area contributed by atoms with Gasteiger partial charge < -0.3 is 28.5 Å². The van der Waals surface area contributed by atoms with E-state index < -0.39 is 24.3 Å². The normalized spacial score (nSPS) is 13.5. The van der Waals surface area contributed by atoms with Crippen LogP contribution in [0.2, 0.25) is 0 Å². The highest BCUT2D eigenvalue weighted by Gasteiger charge is 2.25. The van der Waals surface area contributed by atoms with Crippen molar-refractivity contribution in [2.75, 3.05) is 47.5 Å². The minimum atomic E-state index is -1.52. The zero-order valence-electron chi connectivity index (χ0n) is 59.5. The van der Waals surface area contributed by atoms with Gasteiger partial charge in [-0.2, -0.15) is 0 Å². The lowest BCUT2D eigenvalue weighted by atomic mass is 10.0. The predicted molar refractivity (Wildman–Crippen MR) is 391 cm³/mol. The smallest absolute Gasteiger partial charge is 0.361 e. The molecule has 9 heteroatoms. The third-order valence-corrected chi connectivity index (χ3v) is 15.9. The molecule has 0 aromatic rings. The second-order valence-electron chi connectivity index (χ2n) is 25.9. The lowest BCUT2D eigenvalue weighted by Gasteiger charge is -2.25. The van der Waals surface area contributed by atoms with Gasteiger partial charge in [-0.3, -0.25) is 9.59 Å². The highest BCUT2D eigenvalue weighted by atomic mass is 16.7. The number of carbonyl (C=O) groups excluding carboxylic acids is 2. The number of unbranched alkanes of at least 4 members (excludes halogenated alkanes) is 31. The van der Waals surface area contributed by atoms with E-state index >= 15 is 0 Å². The molecular formula is C82H140NO8+. The van der Waals surface area contributed by atoms with E-state index in [4.69, 9.17) is 18.9 Å². The number of nitrogens with zero attached hydrogens (tertiary/aromatic N) is 1. The Hall–Kier alpha value is -4.57. The van der Waals surface area contributed by atoms with Crippen LogP contribution in [-0.2, 0) is 33.3 Å². The largest absolute Gasteiger partial charge is 0.477 e. The molecular weight excluding hydrogens is 1130 g/mol. The summed E-state index contributed by atoms with van der Waals surface area (Å²) in [7, 11) is 5.97. The first-order valence-corrected chi connectivity index (χ1v) is 37.3. The molecule has 520 valence electrons. The Kier molecular flexibility index (Phi) is 67.7. The molecule has 0 bridgehead atoms. The van der Waals surface area contributed by atoms with Crippen molar-refractivity contribution in [2.45, 2.75) is 322 Å². The maximum Gasteiger partial charge on any atom is 0.361 e.